The fraction of sp³-hybridized carbons (Fsp3) is 0.370. The predicted octanol–water partition coefficient (Wildman–Crippen LogP) is 6.93. The van der Waals surface area contributed by atoms with Gasteiger partial charge in [-0.15, -0.1) is 6.58 Å². The van der Waals surface area contributed by atoms with Crippen molar-refractivity contribution in [3.8, 4) is 0 Å². The van der Waals surface area contributed by atoms with Gasteiger partial charge in [-0.25, -0.2) is 15.0 Å². The maximum atomic E-state index is 4.70. The van der Waals surface area contributed by atoms with Crippen molar-refractivity contribution in [3.05, 3.63) is 97.0 Å². The summed E-state index contributed by atoms with van der Waals surface area (Å²) in [5, 5.41) is 0. The second-order valence-electron chi connectivity index (χ2n) is 8.14. The molecule has 156 valence electrons. The molecule has 2 aliphatic rings. The zero-order valence-corrected chi connectivity index (χ0v) is 18.1. The van der Waals surface area contributed by atoms with Gasteiger partial charge in [0.1, 0.15) is 12.2 Å². The van der Waals surface area contributed by atoms with Gasteiger partial charge < -0.3 is 0 Å². The van der Waals surface area contributed by atoms with Crippen molar-refractivity contribution in [1.82, 2.24) is 15.0 Å². The van der Waals surface area contributed by atoms with Crippen LogP contribution in [0.15, 0.2) is 85.3 Å². The van der Waals surface area contributed by atoms with Crippen molar-refractivity contribution in [2.45, 2.75) is 51.4 Å². The number of nitrogens with zero attached hydrogens (tertiary/aromatic N) is 3. The molecule has 3 nitrogen and oxygen atoms in total. The molecule has 3 rings (SSSR count). The summed E-state index contributed by atoms with van der Waals surface area (Å²) in [4.78, 5) is 13.5. The molecule has 0 aliphatic heterocycles. The lowest BCUT2D eigenvalue weighted by molar-refractivity contribution is 0.574. The molecule has 3 atom stereocenters. The van der Waals surface area contributed by atoms with Crippen molar-refractivity contribution >= 4 is 6.08 Å². The van der Waals surface area contributed by atoms with E-state index in [0.29, 0.717) is 5.92 Å². The molecule has 3 heteroatoms. The number of aromatic nitrogens is 3. The Morgan fingerprint density at radius 1 is 1.23 bits per heavy atom. The van der Waals surface area contributed by atoms with E-state index >= 15 is 0 Å². The van der Waals surface area contributed by atoms with Gasteiger partial charge in [0.25, 0.3) is 0 Å². The van der Waals surface area contributed by atoms with E-state index in [0.717, 1.165) is 50.2 Å². The first-order chi connectivity index (χ1) is 14.7. The molecule has 1 heterocycles. The molecular weight excluding hydrogens is 366 g/mol. The molecule has 0 N–H and O–H groups in total. The first-order valence-corrected chi connectivity index (χ1v) is 11.0. The molecule has 0 aromatic carbocycles. The summed E-state index contributed by atoms with van der Waals surface area (Å²) >= 11 is 0. The minimum atomic E-state index is 0.232. The lowest BCUT2D eigenvalue weighted by Gasteiger charge is -2.21. The number of allylic oxidation sites excluding steroid dienone is 11. The maximum Gasteiger partial charge on any atom is 0.155 e. The summed E-state index contributed by atoms with van der Waals surface area (Å²) in [6, 6.07) is 0. The molecule has 0 spiro atoms. The maximum absolute atomic E-state index is 4.70. The highest BCUT2D eigenvalue weighted by Gasteiger charge is 2.16. The van der Waals surface area contributed by atoms with Gasteiger partial charge in [-0.3, -0.25) is 0 Å². The smallest absolute Gasteiger partial charge is 0.155 e. The fourth-order valence-corrected chi connectivity index (χ4v) is 3.82. The van der Waals surface area contributed by atoms with E-state index in [1.165, 1.54) is 11.1 Å². The van der Waals surface area contributed by atoms with E-state index in [2.05, 4.69) is 78.7 Å². The standard InChI is InChI=1S/C27H33N3/c1-4-5-12-21(2)22(3)19-25(23-13-8-6-9-14-23)17-18-26-28-20-29-27(30-26)24-15-10-7-11-16-24/h4,7-8,10-11,13-15,17-18,20-21,24-25H,1,3,5-6,9,12,16,19H2,2H3/b18-17+. The van der Waals surface area contributed by atoms with Gasteiger partial charge in [-0.1, -0.05) is 73.8 Å². The first kappa shape index (κ1) is 21.9. The molecule has 1 aromatic heterocycles. The minimum Gasteiger partial charge on any atom is -0.221 e. The zero-order chi connectivity index (χ0) is 21.2. The van der Waals surface area contributed by atoms with Crippen molar-refractivity contribution < 1.29 is 0 Å². The van der Waals surface area contributed by atoms with Crippen LogP contribution in [0.5, 0.6) is 0 Å². The van der Waals surface area contributed by atoms with Gasteiger partial charge in [0, 0.05) is 11.8 Å². The molecule has 0 bridgehead atoms. The topological polar surface area (TPSA) is 38.7 Å². The van der Waals surface area contributed by atoms with Crippen LogP contribution in [-0.4, -0.2) is 15.0 Å². The summed E-state index contributed by atoms with van der Waals surface area (Å²) in [7, 11) is 0. The molecular formula is C27H33N3. The lowest BCUT2D eigenvalue weighted by atomic mass is 9.84. The second-order valence-corrected chi connectivity index (χ2v) is 8.14. The van der Waals surface area contributed by atoms with Crippen molar-refractivity contribution in [3.63, 3.8) is 0 Å². The monoisotopic (exact) mass is 399 g/mol. The van der Waals surface area contributed by atoms with Crippen LogP contribution in [0.25, 0.3) is 6.08 Å². The molecule has 30 heavy (non-hydrogen) atoms. The van der Waals surface area contributed by atoms with E-state index in [4.69, 9.17) is 4.98 Å². The van der Waals surface area contributed by atoms with Gasteiger partial charge in [-0.2, -0.15) is 0 Å². The SMILES string of the molecule is C=CCCC(C)C(=C)CC(/C=C/c1ncnc(C2C=CC=CC2)n1)C1=CCCC=C1. The van der Waals surface area contributed by atoms with Crippen LogP contribution in [0.2, 0.25) is 0 Å². The van der Waals surface area contributed by atoms with E-state index in [1.54, 1.807) is 6.33 Å². The Labute approximate surface area is 181 Å². The Balaban J connectivity index is 1.74. The van der Waals surface area contributed by atoms with Crippen LogP contribution < -0.4 is 0 Å². The molecule has 0 saturated carbocycles. The summed E-state index contributed by atoms with van der Waals surface area (Å²) in [5.41, 5.74) is 2.66. The Morgan fingerprint density at radius 2 is 2.13 bits per heavy atom. The molecule has 3 unspecified atom stereocenters. The average molecular weight is 400 g/mol. The van der Waals surface area contributed by atoms with Gasteiger partial charge >= 0.3 is 0 Å². The highest BCUT2D eigenvalue weighted by atomic mass is 15.0. The van der Waals surface area contributed by atoms with E-state index in [1.807, 2.05) is 12.2 Å². The quantitative estimate of drug-likeness (QED) is 0.401. The minimum absolute atomic E-state index is 0.232. The van der Waals surface area contributed by atoms with Crippen LogP contribution >= 0.6 is 0 Å². The van der Waals surface area contributed by atoms with Crippen molar-refractivity contribution in [2.24, 2.45) is 11.8 Å². The Bertz CT molecular complexity index is 885. The highest BCUT2D eigenvalue weighted by Crippen LogP contribution is 2.30. The van der Waals surface area contributed by atoms with E-state index < -0.39 is 0 Å². The Morgan fingerprint density at radius 3 is 2.87 bits per heavy atom. The van der Waals surface area contributed by atoms with Gasteiger partial charge in [0.05, 0.1) is 0 Å². The van der Waals surface area contributed by atoms with Crippen LogP contribution in [0.3, 0.4) is 0 Å². The average Bonchev–Trinajstić information content (AvgIpc) is 2.81. The lowest BCUT2D eigenvalue weighted by Crippen LogP contribution is -2.08. The molecule has 0 amide bonds. The van der Waals surface area contributed by atoms with Crippen LogP contribution in [0.4, 0.5) is 0 Å². The van der Waals surface area contributed by atoms with Gasteiger partial charge in [-0.05, 0) is 56.1 Å². The Kier molecular flexibility index (Phi) is 8.31. The normalized spacial score (nSPS) is 20.2. The molecule has 0 saturated heterocycles. The van der Waals surface area contributed by atoms with Crippen LogP contribution in [0.1, 0.15) is 63.0 Å². The largest absolute Gasteiger partial charge is 0.221 e. The summed E-state index contributed by atoms with van der Waals surface area (Å²) in [6.07, 6.45) is 29.5. The first-order valence-electron chi connectivity index (χ1n) is 11.0. The summed E-state index contributed by atoms with van der Waals surface area (Å²) in [6.45, 7) is 10.5. The third-order valence-electron chi connectivity index (χ3n) is 5.83. The van der Waals surface area contributed by atoms with E-state index in [-0.39, 0.29) is 11.8 Å². The third-order valence-corrected chi connectivity index (χ3v) is 5.83. The second kappa shape index (κ2) is 11.4. The Hall–Kier alpha value is -2.81. The van der Waals surface area contributed by atoms with Gasteiger partial charge in [0.15, 0.2) is 5.82 Å². The molecule has 0 radical (unpaired) electrons. The number of hydrogen-bond donors (Lipinski definition) is 0. The molecule has 2 aliphatic carbocycles. The van der Waals surface area contributed by atoms with Crippen molar-refractivity contribution in [1.29, 1.82) is 0 Å². The molecule has 1 aromatic rings. The fourth-order valence-electron chi connectivity index (χ4n) is 3.82. The van der Waals surface area contributed by atoms with E-state index in [9.17, 15) is 0 Å². The van der Waals surface area contributed by atoms with Crippen LogP contribution in [-0.2, 0) is 0 Å². The zero-order valence-electron chi connectivity index (χ0n) is 18.1. The molecule has 0 fully saturated rings. The predicted molar refractivity (Wildman–Crippen MR) is 127 cm³/mol. The number of rotatable bonds is 10. The summed E-state index contributed by atoms with van der Waals surface area (Å²) in [5.74, 6) is 2.56. The summed E-state index contributed by atoms with van der Waals surface area (Å²) < 4.78 is 0. The highest BCUT2D eigenvalue weighted by molar-refractivity contribution is 5.44. The van der Waals surface area contributed by atoms with Gasteiger partial charge in [0.2, 0.25) is 0 Å². The van der Waals surface area contributed by atoms with Crippen LogP contribution in [0, 0.1) is 11.8 Å². The third kappa shape index (κ3) is 6.35. The van der Waals surface area contributed by atoms with Crippen molar-refractivity contribution in [2.75, 3.05) is 0 Å². The number of hydrogen-bond acceptors (Lipinski definition) is 3.